The van der Waals surface area contributed by atoms with Gasteiger partial charge in [0.25, 0.3) is 0 Å². The summed E-state index contributed by atoms with van der Waals surface area (Å²) in [6.07, 6.45) is 2.18. The first-order valence-corrected chi connectivity index (χ1v) is 17.7. The minimum Gasteiger partial charge on any atom is -0.422 e. The minimum absolute atomic E-state index is 0.353. The molecule has 1 aliphatic heterocycles. The fourth-order valence-corrected chi connectivity index (χ4v) is 12.9. The zero-order valence-electron chi connectivity index (χ0n) is 22.5. The number of rotatable bonds is 15. The van der Waals surface area contributed by atoms with Crippen molar-refractivity contribution < 1.29 is 27.1 Å². The van der Waals surface area contributed by atoms with Gasteiger partial charge in [-0.1, -0.05) is 75.4 Å². The maximum atomic E-state index is 6.52. The predicted octanol–water partition coefficient (Wildman–Crippen LogP) is 10.4. The van der Waals surface area contributed by atoms with Gasteiger partial charge in [0.15, 0.2) is 0 Å². The predicted molar refractivity (Wildman–Crippen MR) is 158 cm³/mol. The molecule has 1 aliphatic rings. The highest BCUT2D eigenvalue weighted by Gasteiger charge is 2.45. The first-order valence-electron chi connectivity index (χ1n) is 13.1. The van der Waals surface area contributed by atoms with Gasteiger partial charge in [0.05, 0.1) is 19.8 Å². The molecule has 0 N–H and O–H groups in total. The molecule has 0 radical (unpaired) electrons. The average molecular weight is 592 g/mol. The normalized spacial score (nSPS) is 24.1. The summed E-state index contributed by atoms with van der Waals surface area (Å²) in [4.78, 5) is 0. The molecular formula is C27H36N3O6P3. The second-order valence-corrected chi connectivity index (χ2v) is 14.9. The van der Waals surface area contributed by atoms with Crippen LogP contribution in [0.3, 0.4) is 0 Å². The van der Waals surface area contributed by atoms with E-state index < -0.39 is 23.0 Å². The third kappa shape index (κ3) is 8.31. The number of para-hydroxylation sites is 3. The maximum Gasteiger partial charge on any atom is 0.404 e. The molecule has 0 amide bonds. The van der Waals surface area contributed by atoms with E-state index in [1.807, 2.05) is 112 Å². The van der Waals surface area contributed by atoms with Gasteiger partial charge in [-0.15, -0.1) is 13.5 Å². The Bertz CT molecular complexity index is 1160. The maximum absolute atomic E-state index is 6.52. The van der Waals surface area contributed by atoms with Gasteiger partial charge < -0.3 is 13.6 Å². The summed E-state index contributed by atoms with van der Waals surface area (Å²) in [5.41, 5.74) is 0. The molecular weight excluding hydrogens is 555 g/mol. The number of hydrogen-bond donors (Lipinski definition) is 0. The fourth-order valence-electron chi connectivity index (χ4n) is 3.31. The van der Waals surface area contributed by atoms with E-state index in [4.69, 9.17) is 40.7 Å². The Kier molecular flexibility index (Phi) is 10.9. The highest BCUT2D eigenvalue weighted by atomic mass is 31.3. The molecule has 9 nitrogen and oxygen atoms in total. The zero-order chi connectivity index (χ0) is 27.4. The molecule has 12 heteroatoms. The largest absolute Gasteiger partial charge is 0.422 e. The lowest BCUT2D eigenvalue weighted by Crippen LogP contribution is -2.09. The Balaban J connectivity index is 2.00. The van der Waals surface area contributed by atoms with E-state index in [9.17, 15) is 0 Å². The Morgan fingerprint density at radius 1 is 0.436 bits per heavy atom. The van der Waals surface area contributed by atoms with Crippen LogP contribution in [0.5, 0.6) is 17.2 Å². The highest BCUT2D eigenvalue weighted by Crippen LogP contribution is 2.79. The third-order valence-corrected chi connectivity index (χ3v) is 13.3. The van der Waals surface area contributed by atoms with Crippen LogP contribution in [0.25, 0.3) is 0 Å². The van der Waals surface area contributed by atoms with Gasteiger partial charge in [-0.25, -0.2) is 0 Å². The third-order valence-electron chi connectivity index (χ3n) is 4.97. The number of hydrogen-bond acceptors (Lipinski definition) is 9. The van der Waals surface area contributed by atoms with Crippen LogP contribution in [0, 0.1) is 0 Å². The molecule has 4 rings (SSSR count). The molecule has 39 heavy (non-hydrogen) atoms. The van der Waals surface area contributed by atoms with E-state index >= 15 is 0 Å². The van der Waals surface area contributed by atoms with Crippen molar-refractivity contribution in [1.29, 1.82) is 0 Å². The summed E-state index contributed by atoms with van der Waals surface area (Å²) >= 11 is 0. The van der Waals surface area contributed by atoms with E-state index in [1.165, 1.54) is 0 Å². The van der Waals surface area contributed by atoms with Crippen LogP contribution in [-0.4, -0.2) is 19.8 Å². The first-order chi connectivity index (χ1) is 19.0. The summed E-state index contributed by atoms with van der Waals surface area (Å²) in [6.45, 7) is 7.10. The second kappa shape index (κ2) is 14.3. The lowest BCUT2D eigenvalue weighted by Gasteiger charge is -2.33. The summed E-state index contributed by atoms with van der Waals surface area (Å²) in [5, 5.41) is 0. The SMILES string of the molecule is CCCOP1(Oc2ccccc2)=NP(OCCC)(Oc2ccccc2)=NP(OCCC)(Oc2ccccc2)=N1. The smallest absolute Gasteiger partial charge is 0.404 e. The van der Waals surface area contributed by atoms with Crippen molar-refractivity contribution in [3.63, 3.8) is 0 Å². The molecule has 3 aromatic rings. The van der Waals surface area contributed by atoms with E-state index in [0.29, 0.717) is 37.1 Å². The van der Waals surface area contributed by atoms with Gasteiger partial charge in [-0.3, -0.25) is 13.6 Å². The molecule has 0 aromatic heterocycles. The topological polar surface area (TPSA) is 92.5 Å². The van der Waals surface area contributed by atoms with Gasteiger partial charge in [0.2, 0.25) is 0 Å². The summed E-state index contributed by atoms with van der Waals surface area (Å²) in [6, 6.07) is 28.1. The molecule has 3 aromatic carbocycles. The first kappa shape index (κ1) is 29.6. The minimum atomic E-state index is -3.47. The Morgan fingerprint density at radius 3 is 0.923 bits per heavy atom. The lowest BCUT2D eigenvalue weighted by molar-refractivity contribution is 0.282. The van der Waals surface area contributed by atoms with Crippen molar-refractivity contribution >= 4 is 23.0 Å². The molecule has 0 atom stereocenters. The summed E-state index contributed by atoms with van der Waals surface area (Å²) < 4.78 is 53.8. The number of nitrogens with zero attached hydrogens (tertiary/aromatic N) is 3. The van der Waals surface area contributed by atoms with Gasteiger partial charge in [-0.05, 0) is 55.7 Å². The van der Waals surface area contributed by atoms with Crippen LogP contribution in [0.4, 0.5) is 0 Å². The summed E-state index contributed by atoms with van der Waals surface area (Å²) in [5.74, 6) is 1.66. The quantitative estimate of drug-likeness (QED) is 0.163. The van der Waals surface area contributed by atoms with Crippen LogP contribution in [0.1, 0.15) is 40.0 Å². The molecule has 1 heterocycles. The molecule has 0 bridgehead atoms. The molecule has 0 fully saturated rings. The average Bonchev–Trinajstić information content (AvgIpc) is 2.95. The fraction of sp³-hybridized carbons (Fsp3) is 0.333. The van der Waals surface area contributed by atoms with Gasteiger partial charge in [-0.2, -0.15) is 0 Å². The Labute approximate surface area is 231 Å². The Morgan fingerprint density at radius 2 is 0.692 bits per heavy atom. The van der Waals surface area contributed by atoms with Crippen molar-refractivity contribution in [3.8, 4) is 17.2 Å². The Hall–Kier alpha value is -2.37. The molecule has 0 saturated heterocycles. The second-order valence-electron chi connectivity index (χ2n) is 8.45. The van der Waals surface area contributed by atoms with E-state index in [2.05, 4.69) is 0 Å². The van der Waals surface area contributed by atoms with Crippen molar-refractivity contribution in [2.45, 2.75) is 40.0 Å². The van der Waals surface area contributed by atoms with Crippen molar-refractivity contribution in [2.24, 2.45) is 13.5 Å². The molecule has 210 valence electrons. The van der Waals surface area contributed by atoms with Gasteiger partial charge in [0.1, 0.15) is 17.2 Å². The molecule has 0 aliphatic carbocycles. The van der Waals surface area contributed by atoms with Crippen molar-refractivity contribution in [3.05, 3.63) is 91.0 Å². The molecule has 0 unspecified atom stereocenters. The van der Waals surface area contributed by atoms with Crippen LogP contribution in [0.15, 0.2) is 105 Å². The van der Waals surface area contributed by atoms with Crippen molar-refractivity contribution in [2.75, 3.05) is 19.8 Å². The summed E-state index contributed by atoms with van der Waals surface area (Å²) in [7, 11) is -10.4. The van der Waals surface area contributed by atoms with Gasteiger partial charge in [0, 0.05) is 0 Å². The van der Waals surface area contributed by atoms with Crippen LogP contribution >= 0.6 is 23.0 Å². The van der Waals surface area contributed by atoms with E-state index in [-0.39, 0.29) is 0 Å². The van der Waals surface area contributed by atoms with Gasteiger partial charge >= 0.3 is 23.0 Å². The van der Waals surface area contributed by atoms with E-state index in [1.54, 1.807) is 0 Å². The van der Waals surface area contributed by atoms with Crippen LogP contribution in [-0.2, 0) is 13.6 Å². The van der Waals surface area contributed by atoms with Crippen LogP contribution in [0.2, 0.25) is 0 Å². The highest BCUT2D eigenvalue weighted by molar-refractivity contribution is 7.78. The zero-order valence-corrected chi connectivity index (χ0v) is 25.2. The van der Waals surface area contributed by atoms with Crippen LogP contribution < -0.4 is 13.6 Å². The monoisotopic (exact) mass is 591 g/mol. The lowest BCUT2D eigenvalue weighted by atomic mass is 10.3. The van der Waals surface area contributed by atoms with Crippen molar-refractivity contribution in [1.82, 2.24) is 0 Å². The van der Waals surface area contributed by atoms with E-state index in [0.717, 1.165) is 19.3 Å². The molecule has 0 spiro atoms. The standard InChI is InChI=1S/C27H36N3O6P3/c1-4-22-31-37(34-25-16-10-7-11-17-25)28-38(32-23-5-2,35-26-18-12-8-13-19-26)30-39(29-37,33-24-6-3)36-27-20-14-9-15-21-27/h7-21H,4-6,22-24H2,1-3H3. The molecule has 0 saturated carbocycles. The number of benzene rings is 3.